The fourth-order valence-corrected chi connectivity index (χ4v) is 3.02. The van der Waals surface area contributed by atoms with Crippen LogP contribution in [0.25, 0.3) is 0 Å². The molecular formula is C15H14Cl3N3O5. The number of halogens is 3. The first-order valence-corrected chi connectivity index (χ1v) is 8.36. The summed E-state index contributed by atoms with van der Waals surface area (Å²) in [5.74, 6) is -2.71. The van der Waals surface area contributed by atoms with Gasteiger partial charge in [-0.25, -0.2) is 5.10 Å². The van der Waals surface area contributed by atoms with E-state index in [9.17, 15) is 19.8 Å². The summed E-state index contributed by atoms with van der Waals surface area (Å²) in [4.78, 5) is 23.0. The molecule has 0 aliphatic rings. The predicted octanol–water partition coefficient (Wildman–Crippen LogP) is 4.02. The van der Waals surface area contributed by atoms with Crippen LogP contribution in [0.15, 0.2) is 4.79 Å². The fourth-order valence-electron chi connectivity index (χ4n) is 2.13. The van der Waals surface area contributed by atoms with Crippen molar-refractivity contribution in [3.8, 4) is 23.1 Å². The summed E-state index contributed by atoms with van der Waals surface area (Å²) >= 11 is 18.2. The van der Waals surface area contributed by atoms with Crippen molar-refractivity contribution in [2.24, 2.45) is 0 Å². The van der Waals surface area contributed by atoms with Gasteiger partial charge in [0, 0.05) is 12.5 Å². The fraction of sp³-hybridized carbons (Fsp3) is 0.267. The van der Waals surface area contributed by atoms with Gasteiger partial charge in [0.05, 0.1) is 0 Å². The Morgan fingerprint density at radius 3 is 2.15 bits per heavy atom. The van der Waals surface area contributed by atoms with Crippen molar-refractivity contribution in [2.75, 3.05) is 5.32 Å². The van der Waals surface area contributed by atoms with Crippen molar-refractivity contribution in [3.63, 3.8) is 0 Å². The maximum absolute atomic E-state index is 11.8. The molecule has 0 radical (unpaired) electrons. The average molecular weight is 423 g/mol. The number of nitrogens with zero attached hydrogens (tertiary/aromatic N) is 1. The molecule has 2 rings (SSSR count). The van der Waals surface area contributed by atoms with Gasteiger partial charge in [0.25, 0.3) is 11.4 Å². The van der Waals surface area contributed by atoms with Crippen LogP contribution in [0, 0.1) is 0 Å². The third-order valence-electron chi connectivity index (χ3n) is 3.29. The van der Waals surface area contributed by atoms with E-state index in [4.69, 9.17) is 39.5 Å². The van der Waals surface area contributed by atoms with Crippen LogP contribution < -0.4 is 15.6 Å². The van der Waals surface area contributed by atoms with Crippen molar-refractivity contribution < 1.29 is 19.7 Å². The quantitative estimate of drug-likeness (QED) is 0.552. The molecule has 1 aromatic heterocycles. The molecule has 8 nitrogen and oxygen atoms in total. The molecule has 0 aliphatic heterocycles. The number of nitrogens with one attached hydrogen (secondary N) is 2. The van der Waals surface area contributed by atoms with Crippen LogP contribution in [0.1, 0.15) is 32.3 Å². The highest BCUT2D eigenvalue weighted by atomic mass is 35.5. The molecule has 140 valence electrons. The highest BCUT2D eigenvalue weighted by Crippen LogP contribution is 2.52. The zero-order valence-corrected chi connectivity index (χ0v) is 16.0. The number of phenolic OH excluding ortho intramolecular Hbond substituents is 2. The number of aromatic nitrogens is 2. The summed E-state index contributed by atoms with van der Waals surface area (Å²) in [7, 11) is 0. The number of phenols is 2. The van der Waals surface area contributed by atoms with Crippen LogP contribution in [0.4, 0.5) is 5.69 Å². The smallest absolute Gasteiger partial charge is 0.269 e. The first kappa shape index (κ1) is 20.2. The Bertz CT molecular complexity index is 914. The van der Waals surface area contributed by atoms with Gasteiger partial charge in [-0.3, -0.25) is 9.59 Å². The van der Waals surface area contributed by atoms with E-state index in [1.54, 1.807) is 13.8 Å². The molecular weight excluding hydrogens is 409 g/mol. The van der Waals surface area contributed by atoms with E-state index in [-0.39, 0.29) is 33.8 Å². The Labute approximate surface area is 162 Å². The Kier molecular flexibility index (Phi) is 5.90. The third-order valence-corrected chi connectivity index (χ3v) is 4.36. The van der Waals surface area contributed by atoms with E-state index in [2.05, 4.69) is 15.5 Å². The first-order valence-electron chi connectivity index (χ1n) is 7.22. The Balaban J connectivity index is 2.60. The highest BCUT2D eigenvalue weighted by Gasteiger charge is 2.26. The zero-order valence-electron chi connectivity index (χ0n) is 13.8. The lowest BCUT2D eigenvalue weighted by molar-refractivity contribution is -0.114. The maximum atomic E-state index is 11.8. The number of anilines is 1. The Morgan fingerprint density at radius 2 is 1.69 bits per heavy atom. The van der Waals surface area contributed by atoms with E-state index >= 15 is 0 Å². The van der Waals surface area contributed by atoms with Crippen LogP contribution in [-0.4, -0.2) is 26.3 Å². The number of aromatic hydroxyl groups is 2. The molecule has 1 amide bonds. The standard InChI is InChI=1S/C15H14Cl3N3O5/c1-4(2)6-7(16)15(21-20-14(6)25)26-13-8(17)11(23)10(19-5(3)22)12(24)9(13)18/h4,23-24H,1-3H3,(H,19,22)(H,20,25). The van der Waals surface area contributed by atoms with E-state index in [0.29, 0.717) is 0 Å². The van der Waals surface area contributed by atoms with Gasteiger partial charge in [-0.15, -0.1) is 5.10 Å². The number of hydrogen-bond donors (Lipinski definition) is 4. The topological polar surface area (TPSA) is 125 Å². The lowest BCUT2D eigenvalue weighted by Crippen LogP contribution is -2.17. The van der Waals surface area contributed by atoms with E-state index in [0.717, 1.165) is 0 Å². The summed E-state index contributed by atoms with van der Waals surface area (Å²) in [5.41, 5.74) is -0.628. The molecule has 26 heavy (non-hydrogen) atoms. The first-order chi connectivity index (χ1) is 12.1. The SMILES string of the molecule is CC(=O)Nc1c(O)c(Cl)c(Oc2n[nH]c(=O)c(C(C)C)c2Cl)c(Cl)c1O. The van der Waals surface area contributed by atoms with Crippen molar-refractivity contribution in [2.45, 2.75) is 26.7 Å². The molecule has 1 heterocycles. The van der Waals surface area contributed by atoms with Crippen LogP contribution >= 0.6 is 34.8 Å². The number of hydrogen-bond acceptors (Lipinski definition) is 6. The second-order valence-corrected chi connectivity index (χ2v) is 6.69. The van der Waals surface area contributed by atoms with Gasteiger partial charge < -0.3 is 20.3 Å². The van der Waals surface area contributed by atoms with E-state index in [1.165, 1.54) is 6.92 Å². The number of ether oxygens (including phenoxy) is 1. The monoisotopic (exact) mass is 421 g/mol. The normalized spacial score (nSPS) is 10.9. The number of H-pyrrole nitrogens is 1. The van der Waals surface area contributed by atoms with Gasteiger partial charge in [-0.05, 0) is 5.92 Å². The second kappa shape index (κ2) is 7.61. The molecule has 0 aliphatic carbocycles. The van der Waals surface area contributed by atoms with Crippen molar-refractivity contribution in [1.82, 2.24) is 10.2 Å². The average Bonchev–Trinajstić information content (AvgIpc) is 2.55. The predicted molar refractivity (Wildman–Crippen MR) is 98.1 cm³/mol. The number of rotatable bonds is 4. The molecule has 11 heteroatoms. The second-order valence-electron chi connectivity index (χ2n) is 5.55. The number of benzene rings is 1. The zero-order chi connectivity index (χ0) is 19.8. The summed E-state index contributed by atoms with van der Waals surface area (Å²) < 4.78 is 5.43. The number of carbonyl (C=O) groups excluding carboxylic acids is 1. The molecule has 0 atom stereocenters. The van der Waals surface area contributed by atoms with Gasteiger partial charge in [0.15, 0.2) is 17.2 Å². The summed E-state index contributed by atoms with van der Waals surface area (Å²) in [5, 5.41) is 27.5. The lowest BCUT2D eigenvalue weighted by atomic mass is 10.1. The number of amides is 1. The van der Waals surface area contributed by atoms with Crippen molar-refractivity contribution >= 4 is 46.4 Å². The highest BCUT2D eigenvalue weighted by molar-refractivity contribution is 6.40. The molecule has 1 aromatic carbocycles. The summed E-state index contributed by atoms with van der Waals surface area (Å²) in [6, 6.07) is 0. The van der Waals surface area contributed by atoms with E-state index in [1.807, 2.05) is 0 Å². The van der Waals surface area contributed by atoms with Gasteiger partial charge in [0.2, 0.25) is 5.91 Å². The Morgan fingerprint density at radius 1 is 1.15 bits per heavy atom. The molecule has 0 saturated heterocycles. The largest absolute Gasteiger partial charge is 0.504 e. The summed E-state index contributed by atoms with van der Waals surface area (Å²) in [6.07, 6.45) is 0. The van der Waals surface area contributed by atoms with Gasteiger partial charge in [-0.1, -0.05) is 48.7 Å². The van der Waals surface area contributed by atoms with Gasteiger partial charge in [-0.2, -0.15) is 0 Å². The summed E-state index contributed by atoms with van der Waals surface area (Å²) in [6.45, 7) is 4.67. The molecule has 0 spiro atoms. The minimum absolute atomic E-state index is 0.0687. The minimum Gasteiger partial charge on any atom is -0.504 e. The lowest BCUT2D eigenvalue weighted by Gasteiger charge is -2.16. The molecule has 0 bridgehead atoms. The van der Waals surface area contributed by atoms with Crippen molar-refractivity contribution in [3.05, 3.63) is 31.0 Å². The minimum atomic E-state index is -0.664. The third kappa shape index (κ3) is 3.67. The molecule has 0 saturated carbocycles. The molecule has 2 aromatic rings. The van der Waals surface area contributed by atoms with Crippen LogP contribution in [-0.2, 0) is 4.79 Å². The van der Waals surface area contributed by atoms with E-state index < -0.39 is 33.0 Å². The number of carbonyl (C=O) groups is 1. The Hall–Kier alpha value is -2.16. The van der Waals surface area contributed by atoms with Crippen molar-refractivity contribution in [1.29, 1.82) is 0 Å². The van der Waals surface area contributed by atoms with Crippen LogP contribution in [0.3, 0.4) is 0 Å². The maximum Gasteiger partial charge on any atom is 0.269 e. The van der Waals surface area contributed by atoms with Gasteiger partial charge >= 0.3 is 0 Å². The molecule has 4 N–H and O–H groups in total. The van der Waals surface area contributed by atoms with Gasteiger partial charge in [0.1, 0.15) is 20.8 Å². The molecule has 0 fully saturated rings. The molecule has 0 unspecified atom stereocenters. The van der Waals surface area contributed by atoms with Crippen LogP contribution in [0.5, 0.6) is 23.1 Å². The number of aromatic amines is 1. The van der Waals surface area contributed by atoms with Crippen LogP contribution in [0.2, 0.25) is 15.1 Å².